The highest BCUT2D eigenvalue weighted by Crippen LogP contribution is 2.39. The zero-order valence-corrected chi connectivity index (χ0v) is 8.55. The Morgan fingerprint density at radius 1 is 1.31 bits per heavy atom. The third-order valence-corrected chi connectivity index (χ3v) is 3.36. The molecule has 0 saturated heterocycles. The number of carbonyl (C=O) groups excluding carboxylic acids is 1. The van der Waals surface area contributed by atoms with Crippen LogP contribution in [0.1, 0.15) is 39.5 Å². The first kappa shape index (κ1) is 8.98. The third kappa shape index (κ3) is 1.84. The van der Waals surface area contributed by atoms with E-state index in [0.29, 0.717) is 23.5 Å². The number of rotatable bonds is 1. The summed E-state index contributed by atoms with van der Waals surface area (Å²) in [6, 6.07) is 0. The van der Waals surface area contributed by atoms with Crippen molar-refractivity contribution in [2.24, 2.45) is 17.8 Å². The summed E-state index contributed by atoms with van der Waals surface area (Å²) in [5.41, 5.74) is 1.59. The van der Waals surface area contributed by atoms with Crippen molar-refractivity contribution in [3.05, 3.63) is 11.6 Å². The summed E-state index contributed by atoms with van der Waals surface area (Å²) in [5.74, 6) is 2.42. The van der Waals surface area contributed by atoms with E-state index >= 15 is 0 Å². The van der Waals surface area contributed by atoms with E-state index in [4.69, 9.17) is 0 Å². The second-order valence-electron chi connectivity index (χ2n) is 4.91. The van der Waals surface area contributed by atoms with E-state index in [1.807, 2.05) is 0 Å². The average Bonchev–Trinajstić information content (AvgIpc) is 2.01. The van der Waals surface area contributed by atoms with Gasteiger partial charge in [-0.2, -0.15) is 0 Å². The van der Waals surface area contributed by atoms with Gasteiger partial charge in [-0.3, -0.25) is 4.79 Å². The lowest BCUT2D eigenvalue weighted by atomic mass is 9.71. The highest BCUT2D eigenvalue weighted by molar-refractivity contribution is 5.80. The second-order valence-corrected chi connectivity index (χ2v) is 4.91. The van der Waals surface area contributed by atoms with Gasteiger partial charge in [-0.25, -0.2) is 0 Å². The Morgan fingerprint density at radius 2 is 2.08 bits per heavy atom. The lowest BCUT2D eigenvalue weighted by Crippen LogP contribution is -2.26. The van der Waals surface area contributed by atoms with Gasteiger partial charge in [0.05, 0.1) is 0 Å². The van der Waals surface area contributed by atoms with Crippen LogP contribution in [0.15, 0.2) is 11.6 Å². The first-order valence-electron chi connectivity index (χ1n) is 5.37. The van der Waals surface area contributed by atoms with Gasteiger partial charge in [0.25, 0.3) is 0 Å². The smallest absolute Gasteiger partial charge is 0.133 e. The molecule has 1 nitrogen and oxygen atoms in total. The molecule has 2 unspecified atom stereocenters. The zero-order chi connectivity index (χ0) is 9.42. The molecule has 2 rings (SSSR count). The fourth-order valence-corrected chi connectivity index (χ4v) is 2.71. The first-order chi connectivity index (χ1) is 6.15. The molecule has 0 aromatic carbocycles. The van der Waals surface area contributed by atoms with Gasteiger partial charge in [0.15, 0.2) is 0 Å². The summed E-state index contributed by atoms with van der Waals surface area (Å²) in [4.78, 5) is 11.3. The van der Waals surface area contributed by atoms with Crippen molar-refractivity contribution >= 4 is 5.78 Å². The molecule has 2 bridgehead atoms. The van der Waals surface area contributed by atoms with Crippen molar-refractivity contribution in [2.45, 2.75) is 39.5 Å². The van der Waals surface area contributed by atoms with Gasteiger partial charge in [0.2, 0.25) is 0 Å². The molecular formula is C12H18O. The first-order valence-corrected chi connectivity index (χ1v) is 5.37. The van der Waals surface area contributed by atoms with Crippen LogP contribution in [0, 0.1) is 17.8 Å². The van der Waals surface area contributed by atoms with Crippen molar-refractivity contribution in [1.82, 2.24) is 0 Å². The third-order valence-electron chi connectivity index (χ3n) is 3.36. The molecule has 0 radical (unpaired) electrons. The summed E-state index contributed by atoms with van der Waals surface area (Å²) >= 11 is 0. The number of fused-ring (bicyclic) bond motifs is 2. The summed E-state index contributed by atoms with van der Waals surface area (Å²) in [6.45, 7) is 4.52. The van der Waals surface area contributed by atoms with Crippen LogP contribution >= 0.6 is 0 Å². The van der Waals surface area contributed by atoms with Crippen LogP contribution in [0.25, 0.3) is 0 Å². The van der Waals surface area contributed by atoms with Crippen LogP contribution in [0.5, 0.6) is 0 Å². The molecule has 0 amide bonds. The quantitative estimate of drug-likeness (QED) is 0.564. The van der Waals surface area contributed by atoms with Gasteiger partial charge < -0.3 is 0 Å². The van der Waals surface area contributed by atoms with Gasteiger partial charge in [-0.15, -0.1) is 0 Å². The number of allylic oxidation sites excluding steroid dienone is 2. The lowest BCUT2D eigenvalue weighted by molar-refractivity contribution is -0.122. The van der Waals surface area contributed by atoms with E-state index < -0.39 is 0 Å². The minimum Gasteiger partial charge on any atom is -0.300 e. The van der Waals surface area contributed by atoms with Gasteiger partial charge in [-0.05, 0) is 30.6 Å². The Kier molecular flexibility index (Phi) is 2.27. The van der Waals surface area contributed by atoms with Crippen LogP contribution in [0.2, 0.25) is 0 Å². The summed E-state index contributed by atoms with van der Waals surface area (Å²) in [5, 5.41) is 0. The predicted octanol–water partition coefficient (Wildman–Crippen LogP) is 2.96. The maximum atomic E-state index is 11.3. The molecule has 0 aliphatic heterocycles. The Morgan fingerprint density at radius 3 is 2.69 bits per heavy atom. The van der Waals surface area contributed by atoms with Gasteiger partial charge in [0.1, 0.15) is 5.78 Å². The van der Waals surface area contributed by atoms with E-state index in [-0.39, 0.29) is 0 Å². The molecule has 0 N–H and O–H groups in total. The fourth-order valence-electron chi connectivity index (χ4n) is 2.71. The van der Waals surface area contributed by atoms with Gasteiger partial charge >= 0.3 is 0 Å². The van der Waals surface area contributed by atoms with Crippen molar-refractivity contribution < 1.29 is 4.79 Å². The number of hydrogen-bond donors (Lipinski definition) is 0. The molecule has 2 atom stereocenters. The summed E-state index contributed by atoms with van der Waals surface area (Å²) in [6.07, 6.45) is 6.48. The predicted molar refractivity (Wildman–Crippen MR) is 53.4 cm³/mol. The van der Waals surface area contributed by atoms with E-state index in [1.165, 1.54) is 12.8 Å². The molecule has 0 aromatic rings. The molecule has 1 saturated carbocycles. The van der Waals surface area contributed by atoms with Crippen LogP contribution in [-0.2, 0) is 4.79 Å². The normalized spacial score (nSPS) is 33.5. The largest absolute Gasteiger partial charge is 0.300 e. The number of Topliss-reactive ketones (excluding diaryl/α,β-unsaturated/α-hetero) is 1. The second kappa shape index (κ2) is 3.28. The molecule has 1 fully saturated rings. The monoisotopic (exact) mass is 178 g/mol. The Labute approximate surface area is 80.2 Å². The summed E-state index contributed by atoms with van der Waals surface area (Å²) in [7, 11) is 0. The van der Waals surface area contributed by atoms with Crippen LogP contribution in [-0.4, -0.2) is 5.78 Å². The molecule has 1 heteroatoms. The van der Waals surface area contributed by atoms with Crippen LogP contribution in [0.4, 0.5) is 0 Å². The van der Waals surface area contributed by atoms with Crippen molar-refractivity contribution in [1.29, 1.82) is 0 Å². The topological polar surface area (TPSA) is 17.1 Å². The fraction of sp³-hybridized carbons (Fsp3) is 0.750. The summed E-state index contributed by atoms with van der Waals surface area (Å²) < 4.78 is 0. The van der Waals surface area contributed by atoms with E-state index in [0.717, 1.165) is 12.8 Å². The molecule has 0 aromatic heterocycles. The minimum atomic E-state index is 0.486. The van der Waals surface area contributed by atoms with Gasteiger partial charge in [0, 0.05) is 12.8 Å². The van der Waals surface area contributed by atoms with E-state index in [1.54, 1.807) is 5.57 Å². The van der Waals surface area contributed by atoms with Crippen molar-refractivity contribution in [2.75, 3.05) is 0 Å². The maximum absolute atomic E-state index is 11.3. The van der Waals surface area contributed by atoms with E-state index in [9.17, 15) is 4.79 Å². The molecule has 13 heavy (non-hydrogen) atoms. The highest BCUT2D eigenvalue weighted by Gasteiger charge is 2.30. The highest BCUT2D eigenvalue weighted by atomic mass is 16.1. The Hall–Kier alpha value is -0.590. The Bertz CT molecular complexity index is 250. The molecule has 0 heterocycles. The Balaban J connectivity index is 2.16. The SMILES string of the molecule is CC(C)C1=CC2CC(=O)CC(C1)C2. The minimum absolute atomic E-state index is 0.486. The molecule has 2 aliphatic carbocycles. The number of hydrogen-bond acceptors (Lipinski definition) is 1. The van der Waals surface area contributed by atoms with Crippen molar-refractivity contribution in [3.63, 3.8) is 0 Å². The molecule has 72 valence electrons. The lowest BCUT2D eigenvalue weighted by Gasteiger charge is -2.33. The van der Waals surface area contributed by atoms with E-state index in [2.05, 4.69) is 19.9 Å². The van der Waals surface area contributed by atoms with Crippen molar-refractivity contribution in [3.8, 4) is 0 Å². The van der Waals surface area contributed by atoms with Crippen LogP contribution < -0.4 is 0 Å². The molecular weight excluding hydrogens is 160 g/mol. The number of carbonyl (C=O) groups is 1. The molecule has 0 spiro atoms. The van der Waals surface area contributed by atoms with Crippen LogP contribution in [0.3, 0.4) is 0 Å². The standard InChI is InChI=1S/C12H18O/c1-8(2)11-4-9-3-10(5-11)7-12(13)6-9/h4,8-10H,3,5-7H2,1-2H3. The molecule has 2 aliphatic rings. The van der Waals surface area contributed by atoms with Gasteiger partial charge in [-0.1, -0.05) is 25.5 Å². The zero-order valence-electron chi connectivity index (χ0n) is 8.55. The maximum Gasteiger partial charge on any atom is 0.133 e. The average molecular weight is 178 g/mol. The number of ketones is 1.